The summed E-state index contributed by atoms with van der Waals surface area (Å²) in [7, 11) is 0. The molecular weight excluding hydrogens is 258 g/mol. The normalized spacial score (nSPS) is 10.7. The highest BCUT2D eigenvalue weighted by atomic mass is 32.1. The van der Waals surface area contributed by atoms with Crippen LogP contribution < -0.4 is 5.73 Å². The summed E-state index contributed by atoms with van der Waals surface area (Å²) < 4.78 is 28.9. The van der Waals surface area contributed by atoms with Gasteiger partial charge in [-0.2, -0.15) is 5.10 Å². The van der Waals surface area contributed by atoms with Crippen LogP contribution in [0.3, 0.4) is 0 Å². The molecule has 1 aromatic carbocycles. The van der Waals surface area contributed by atoms with E-state index in [9.17, 15) is 8.78 Å². The van der Waals surface area contributed by atoms with Crippen LogP contribution in [0, 0.1) is 25.5 Å². The molecule has 94 valence electrons. The van der Waals surface area contributed by atoms with Gasteiger partial charge in [-0.05, 0) is 26.0 Å². The molecule has 0 bridgehead atoms. The lowest BCUT2D eigenvalue weighted by Crippen LogP contribution is -2.13. The number of hydrogen-bond donors (Lipinski definition) is 1. The molecule has 0 aliphatic heterocycles. The molecule has 18 heavy (non-hydrogen) atoms. The topological polar surface area (TPSA) is 56.7 Å². The van der Waals surface area contributed by atoms with Gasteiger partial charge in [0.1, 0.15) is 22.3 Å². The lowest BCUT2D eigenvalue weighted by atomic mass is 10.2. The Morgan fingerprint density at radius 2 is 1.83 bits per heavy atom. The van der Waals surface area contributed by atoms with E-state index >= 15 is 0 Å². The first-order valence-corrected chi connectivity index (χ1v) is 5.50. The molecule has 0 spiro atoms. The molecule has 4 nitrogen and oxygen atoms in total. The van der Waals surface area contributed by atoms with E-state index in [0.717, 1.165) is 16.8 Å². The van der Waals surface area contributed by atoms with Crippen molar-refractivity contribution in [2.24, 2.45) is 5.73 Å². The van der Waals surface area contributed by atoms with Gasteiger partial charge in [0.15, 0.2) is 11.6 Å². The van der Waals surface area contributed by atoms with Gasteiger partial charge in [0, 0.05) is 5.56 Å². The lowest BCUT2D eigenvalue weighted by molar-refractivity contribution is 0.556. The van der Waals surface area contributed by atoms with E-state index in [2.05, 4.69) is 22.3 Å². The largest absolute Gasteiger partial charge is 0.389 e. The lowest BCUT2D eigenvalue weighted by Gasteiger charge is -2.08. The van der Waals surface area contributed by atoms with E-state index in [1.165, 1.54) is 0 Å². The van der Waals surface area contributed by atoms with Crippen LogP contribution in [-0.2, 0) is 0 Å². The molecule has 1 heterocycles. The molecule has 0 unspecified atom stereocenters. The minimum atomic E-state index is -0.786. The maximum atomic E-state index is 13.9. The minimum Gasteiger partial charge on any atom is -0.389 e. The van der Waals surface area contributed by atoms with Crippen molar-refractivity contribution in [2.75, 3.05) is 0 Å². The SMILES string of the molecule is Cc1nc(C)n(-c2c(F)cc(C(N)=S)cc2F)n1. The van der Waals surface area contributed by atoms with Crippen molar-refractivity contribution >= 4 is 17.2 Å². The van der Waals surface area contributed by atoms with Gasteiger partial charge in [-0.1, -0.05) is 12.2 Å². The van der Waals surface area contributed by atoms with E-state index in [4.69, 9.17) is 5.73 Å². The van der Waals surface area contributed by atoms with Crippen LogP contribution in [0.4, 0.5) is 8.78 Å². The number of benzene rings is 1. The van der Waals surface area contributed by atoms with E-state index in [1.54, 1.807) is 13.8 Å². The predicted molar refractivity (Wildman–Crippen MR) is 66.6 cm³/mol. The van der Waals surface area contributed by atoms with Gasteiger partial charge >= 0.3 is 0 Å². The summed E-state index contributed by atoms with van der Waals surface area (Å²) in [5.74, 6) is -0.741. The van der Waals surface area contributed by atoms with E-state index in [-0.39, 0.29) is 16.2 Å². The third kappa shape index (κ3) is 2.08. The number of nitrogens with two attached hydrogens (primary N) is 1. The Bertz CT molecular complexity index is 613. The molecule has 0 atom stereocenters. The first-order valence-electron chi connectivity index (χ1n) is 5.09. The standard InChI is InChI=1S/C11H10F2N4S/c1-5-15-6(2)17(16-5)10-8(12)3-7(11(14)18)4-9(10)13/h3-4H,1-2H3,(H2,14,18). The Morgan fingerprint density at radius 1 is 1.28 bits per heavy atom. The average Bonchev–Trinajstić information content (AvgIpc) is 2.56. The molecule has 2 rings (SSSR count). The Labute approximate surface area is 107 Å². The van der Waals surface area contributed by atoms with Gasteiger partial charge < -0.3 is 5.73 Å². The summed E-state index contributed by atoms with van der Waals surface area (Å²) in [6, 6.07) is 2.16. The molecule has 0 saturated carbocycles. The zero-order valence-electron chi connectivity index (χ0n) is 9.74. The Morgan fingerprint density at radius 3 is 2.22 bits per heavy atom. The molecule has 2 aromatic rings. The number of aryl methyl sites for hydroxylation is 2. The van der Waals surface area contributed by atoms with Gasteiger partial charge in [-0.3, -0.25) is 0 Å². The van der Waals surface area contributed by atoms with Gasteiger partial charge in [-0.15, -0.1) is 0 Å². The van der Waals surface area contributed by atoms with Gasteiger partial charge in [-0.25, -0.2) is 18.4 Å². The van der Waals surface area contributed by atoms with Crippen molar-refractivity contribution in [1.82, 2.24) is 14.8 Å². The molecule has 0 fully saturated rings. The van der Waals surface area contributed by atoms with E-state index in [1.807, 2.05) is 0 Å². The summed E-state index contributed by atoms with van der Waals surface area (Å²) >= 11 is 4.68. The third-order valence-corrected chi connectivity index (χ3v) is 2.62. The van der Waals surface area contributed by atoms with Gasteiger partial charge in [0.2, 0.25) is 0 Å². The number of halogens is 2. The van der Waals surface area contributed by atoms with Gasteiger partial charge in [0.25, 0.3) is 0 Å². The summed E-state index contributed by atoms with van der Waals surface area (Å²) in [6.07, 6.45) is 0. The van der Waals surface area contributed by atoms with Gasteiger partial charge in [0.05, 0.1) is 0 Å². The summed E-state index contributed by atoms with van der Waals surface area (Å²) in [6.45, 7) is 3.25. The molecule has 7 heteroatoms. The summed E-state index contributed by atoms with van der Waals surface area (Å²) in [4.78, 5) is 3.93. The summed E-state index contributed by atoms with van der Waals surface area (Å²) in [5.41, 5.74) is 5.19. The molecule has 2 N–H and O–H groups in total. The number of hydrogen-bond acceptors (Lipinski definition) is 3. The second kappa shape index (κ2) is 4.41. The van der Waals surface area contributed by atoms with Crippen LogP contribution in [-0.4, -0.2) is 19.8 Å². The van der Waals surface area contributed by atoms with E-state index < -0.39 is 11.6 Å². The molecule has 0 saturated heterocycles. The Balaban J connectivity index is 2.66. The van der Waals surface area contributed by atoms with Crippen LogP contribution >= 0.6 is 12.2 Å². The van der Waals surface area contributed by atoms with Crippen molar-refractivity contribution in [2.45, 2.75) is 13.8 Å². The maximum Gasteiger partial charge on any atom is 0.152 e. The van der Waals surface area contributed by atoms with Crippen molar-refractivity contribution in [3.63, 3.8) is 0 Å². The first-order chi connectivity index (χ1) is 8.40. The van der Waals surface area contributed by atoms with Crippen molar-refractivity contribution < 1.29 is 8.78 Å². The number of rotatable bonds is 2. The van der Waals surface area contributed by atoms with Crippen molar-refractivity contribution in [1.29, 1.82) is 0 Å². The smallest absolute Gasteiger partial charge is 0.152 e. The molecule has 0 aliphatic rings. The number of thiocarbonyl (C=S) groups is 1. The third-order valence-electron chi connectivity index (χ3n) is 2.39. The van der Waals surface area contributed by atoms with Crippen molar-refractivity contribution in [3.8, 4) is 5.69 Å². The number of aromatic nitrogens is 3. The maximum absolute atomic E-state index is 13.9. The number of nitrogens with zero attached hydrogens (tertiary/aromatic N) is 3. The second-order valence-electron chi connectivity index (χ2n) is 3.77. The average molecular weight is 268 g/mol. The zero-order chi connectivity index (χ0) is 13.4. The van der Waals surface area contributed by atoms with Crippen LogP contribution in [0.25, 0.3) is 5.69 Å². The van der Waals surface area contributed by atoms with Crippen molar-refractivity contribution in [3.05, 3.63) is 41.0 Å². The minimum absolute atomic E-state index is 0.0640. The molecule has 0 aliphatic carbocycles. The Kier molecular flexibility index (Phi) is 3.08. The highest BCUT2D eigenvalue weighted by Gasteiger charge is 2.17. The first kappa shape index (κ1) is 12.6. The molecule has 1 aromatic heterocycles. The Hall–Kier alpha value is -1.89. The highest BCUT2D eigenvalue weighted by molar-refractivity contribution is 7.80. The molecule has 0 radical (unpaired) electrons. The highest BCUT2D eigenvalue weighted by Crippen LogP contribution is 2.20. The fourth-order valence-corrected chi connectivity index (χ4v) is 1.76. The van der Waals surface area contributed by atoms with E-state index in [0.29, 0.717) is 11.6 Å². The molecular formula is C11H10F2N4S. The summed E-state index contributed by atoms with van der Waals surface area (Å²) in [5, 5.41) is 3.94. The predicted octanol–water partition coefficient (Wildman–Crippen LogP) is 1.80. The molecule has 0 amide bonds. The van der Waals surface area contributed by atoms with Crippen LogP contribution in [0.1, 0.15) is 17.2 Å². The zero-order valence-corrected chi connectivity index (χ0v) is 10.6. The van der Waals surface area contributed by atoms with Crippen LogP contribution in [0.15, 0.2) is 12.1 Å². The second-order valence-corrected chi connectivity index (χ2v) is 4.21. The quantitative estimate of drug-likeness (QED) is 0.844. The fraction of sp³-hybridized carbons (Fsp3) is 0.182. The van der Waals surface area contributed by atoms with Crippen LogP contribution in [0.5, 0.6) is 0 Å². The fourth-order valence-electron chi connectivity index (χ4n) is 1.64. The van der Waals surface area contributed by atoms with Crippen LogP contribution in [0.2, 0.25) is 0 Å². The monoisotopic (exact) mass is 268 g/mol.